The quantitative estimate of drug-likeness (QED) is 0.344. The Bertz CT molecular complexity index is 937. The van der Waals surface area contributed by atoms with Crippen LogP contribution in [0.3, 0.4) is 0 Å². The number of alkyl halides is 1. The second-order valence-electron chi connectivity index (χ2n) is 9.23. The summed E-state index contributed by atoms with van der Waals surface area (Å²) in [4.78, 5) is 13.3. The van der Waals surface area contributed by atoms with Crippen LogP contribution in [-0.4, -0.2) is 94.1 Å². The van der Waals surface area contributed by atoms with Gasteiger partial charge < -0.3 is 35.4 Å². The highest BCUT2D eigenvalue weighted by Crippen LogP contribution is 2.32. The first-order valence-electron chi connectivity index (χ1n) is 11.7. The summed E-state index contributed by atoms with van der Waals surface area (Å²) >= 11 is 7.57. The number of fused-ring (bicyclic) bond motifs is 1. The molecule has 194 valence electrons. The van der Waals surface area contributed by atoms with Gasteiger partial charge in [0.1, 0.15) is 41.7 Å². The summed E-state index contributed by atoms with van der Waals surface area (Å²) in [6.07, 6.45) is -1.24. The summed E-state index contributed by atoms with van der Waals surface area (Å²) in [7, 11) is 0. The third-order valence-corrected chi connectivity index (χ3v) is 8.02. The molecule has 2 fully saturated rings. The topological polar surface area (TPSA) is 120 Å². The Hall–Kier alpha value is -1.24. The van der Waals surface area contributed by atoms with Crippen LogP contribution in [-0.2, 0) is 14.3 Å². The summed E-state index contributed by atoms with van der Waals surface area (Å²) in [5.41, 5.74) is 0.992. The van der Waals surface area contributed by atoms with Crippen LogP contribution in [0.2, 0.25) is 0 Å². The molecule has 11 heteroatoms. The molecule has 5 N–H and O–H groups in total. The Morgan fingerprint density at radius 2 is 2.06 bits per heavy atom. The van der Waals surface area contributed by atoms with Crippen LogP contribution in [0.5, 0.6) is 0 Å². The number of aliphatic hydroxyl groups excluding tert-OH is 3. The molecule has 35 heavy (non-hydrogen) atoms. The van der Waals surface area contributed by atoms with E-state index < -0.39 is 53.4 Å². The molecular formula is C24H32ClFN2O6S. The fourth-order valence-corrected chi connectivity index (χ4v) is 5.90. The van der Waals surface area contributed by atoms with E-state index >= 15 is 0 Å². The monoisotopic (exact) mass is 530 g/mol. The lowest BCUT2D eigenvalue weighted by Gasteiger charge is -2.44. The number of ether oxygens (including phenoxy) is 2. The molecule has 3 aliphatic heterocycles. The van der Waals surface area contributed by atoms with Crippen molar-refractivity contribution in [3.05, 3.63) is 41.7 Å². The van der Waals surface area contributed by atoms with Crippen LogP contribution < -0.4 is 10.6 Å². The molecule has 1 aromatic rings. The first kappa shape index (κ1) is 26.8. The Morgan fingerprint density at radius 1 is 1.29 bits per heavy atom. The van der Waals surface area contributed by atoms with Gasteiger partial charge in [0.25, 0.3) is 0 Å². The molecule has 1 aromatic carbocycles. The van der Waals surface area contributed by atoms with Crippen LogP contribution in [0.1, 0.15) is 18.9 Å². The van der Waals surface area contributed by atoms with Crippen LogP contribution in [0.4, 0.5) is 4.39 Å². The zero-order valence-electron chi connectivity index (χ0n) is 19.5. The van der Waals surface area contributed by atoms with Crippen molar-refractivity contribution in [1.29, 1.82) is 0 Å². The van der Waals surface area contributed by atoms with Gasteiger partial charge in [-0.2, -0.15) is 0 Å². The number of thioether (sulfide) groups is 1. The van der Waals surface area contributed by atoms with Gasteiger partial charge in [-0.25, -0.2) is 4.39 Å². The minimum Gasteiger partial charge on any atom is -0.388 e. The van der Waals surface area contributed by atoms with E-state index in [2.05, 4.69) is 10.6 Å². The van der Waals surface area contributed by atoms with Crippen molar-refractivity contribution < 1.29 is 34.0 Å². The Labute approximate surface area is 213 Å². The minimum atomic E-state index is -1.44. The van der Waals surface area contributed by atoms with E-state index in [0.29, 0.717) is 19.6 Å². The molecule has 2 saturated heterocycles. The molecule has 3 aliphatic rings. The van der Waals surface area contributed by atoms with Crippen molar-refractivity contribution >= 4 is 34.8 Å². The van der Waals surface area contributed by atoms with Gasteiger partial charge in [0.05, 0.1) is 24.1 Å². The average Bonchev–Trinajstić information content (AvgIpc) is 3.11. The van der Waals surface area contributed by atoms with Gasteiger partial charge in [0.15, 0.2) is 0 Å². The standard InChI is InChI=1S/C24H32ClFN2O6S/c1-11(25)16(22-19(30)18(29)20(31)24(34-22)35-2)28-23(32)17-21-14(10-27-17)8-13(6-7-33-21)12-4-3-5-15(26)9-12/h3-5,8-9,11,14,16-22,24,27,29-31H,6-7,10H2,1-2H3,(H,28,32)/t11-,14-,16+,17-,18?,19-,20+,21+,22+,24?/m0/s1. The highest BCUT2D eigenvalue weighted by atomic mass is 35.5. The maximum atomic E-state index is 13.7. The van der Waals surface area contributed by atoms with Crippen molar-refractivity contribution in [2.75, 3.05) is 19.4 Å². The van der Waals surface area contributed by atoms with Gasteiger partial charge in [-0.1, -0.05) is 18.2 Å². The predicted molar refractivity (Wildman–Crippen MR) is 131 cm³/mol. The van der Waals surface area contributed by atoms with Crippen LogP contribution in [0.15, 0.2) is 30.3 Å². The minimum absolute atomic E-state index is 0.0900. The van der Waals surface area contributed by atoms with Crippen molar-refractivity contribution in [3.63, 3.8) is 0 Å². The number of carbonyl (C=O) groups is 1. The molecular weight excluding hydrogens is 499 g/mol. The van der Waals surface area contributed by atoms with E-state index in [1.165, 1.54) is 23.9 Å². The van der Waals surface area contributed by atoms with Crippen molar-refractivity contribution in [2.45, 2.75) is 66.8 Å². The van der Waals surface area contributed by atoms with Crippen LogP contribution in [0.25, 0.3) is 5.57 Å². The molecule has 2 unspecified atom stereocenters. The first-order chi connectivity index (χ1) is 16.7. The van der Waals surface area contributed by atoms with Gasteiger partial charge in [-0.15, -0.1) is 23.4 Å². The lowest BCUT2D eigenvalue weighted by atomic mass is 9.92. The Morgan fingerprint density at radius 3 is 2.74 bits per heavy atom. The second-order valence-corrected chi connectivity index (χ2v) is 10.9. The molecule has 0 aromatic heterocycles. The highest BCUT2D eigenvalue weighted by molar-refractivity contribution is 7.99. The number of amides is 1. The number of hydrogen-bond acceptors (Lipinski definition) is 8. The lowest BCUT2D eigenvalue weighted by molar-refractivity contribution is -0.205. The molecule has 8 nitrogen and oxygen atoms in total. The van der Waals surface area contributed by atoms with E-state index in [1.807, 2.05) is 12.1 Å². The number of nitrogens with one attached hydrogen (secondary N) is 2. The van der Waals surface area contributed by atoms with E-state index in [0.717, 1.165) is 11.1 Å². The largest absolute Gasteiger partial charge is 0.388 e. The molecule has 4 rings (SSSR count). The summed E-state index contributed by atoms with van der Waals surface area (Å²) in [6.45, 7) is 2.55. The van der Waals surface area contributed by atoms with Crippen LogP contribution >= 0.6 is 23.4 Å². The number of halogens is 2. The number of hydrogen-bond donors (Lipinski definition) is 5. The zero-order valence-corrected chi connectivity index (χ0v) is 21.1. The van der Waals surface area contributed by atoms with Gasteiger partial charge in [-0.05, 0) is 42.9 Å². The third kappa shape index (κ3) is 5.70. The van der Waals surface area contributed by atoms with Gasteiger partial charge in [0.2, 0.25) is 5.91 Å². The number of aliphatic hydroxyl groups is 3. The van der Waals surface area contributed by atoms with Crippen molar-refractivity contribution in [1.82, 2.24) is 10.6 Å². The zero-order chi connectivity index (χ0) is 25.3. The molecule has 1 amide bonds. The smallest absolute Gasteiger partial charge is 0.240 e. The fourth-order valence-electron chi connectivity index (χ4n) is 5.01. The highest BCUT2D eigenvalue weighted by Gasteiger charge is 2.49. The molecule has 0 spiro atoms. The molecule has 0 radical (unpaired) electrons. The van der Waals surface area contributed by atoms with Gasteiger partial charge in [0, 0.05) is 12.5 Å². The molecule has 0 saturated carbocycles. The SMILES string of the molecule is CSC1O[C@H]([C@H](NC(=O)[C@H]2NC[C@@H]3C=C(c4cccc(F)c4)CCO[C@@H]23)[C@H](C)Cl)[C@@H](O)C(O)[C@H]1O. The van der Waals surface area contributed by atoms with E-state index in [-0.39, 0.29) is 17.6 Å². The maximum absolute atomic E-state index is 13.7. The lowest BCUT2D eigenvalue weighted by Crippen LogP contribution is -2.65. The number of benzene rings is 1. The predicted octanol–water partition coefficient (Wildman–Crippen LogP) is 0.869. The molecule has 10 atom stereocenters. The average molecular weight is 531 g/mol. The van der Waals surface area contributed by atoms with Crippen molar-refractivity contribution in [3.8, 4) is 0 Å². The third-order valence-electron chi connectivity index (χ3n) is 6.90. The van der Waals surface area contributed by atoms with E-state index in [1.54, 1.807) is 19.2 Å². The first-order valence-corrected chi connectivity index (χ1v) is 13.4. The fraction of sp³-hybridized carbons (Fsp3) is 0.625. The Kier molecular flexibility index (Phi) is 8.76. The molecule has 3 heterocycles. The Balaban J connectivity index is 1.48. The van der Waals surface area contributed by atoms with E-state index in [9.17, 15) is 24.5 Å². The summed E-state index contributed by atoms with van der Waals surface area (Å²) in [5.74, 6) is -0.760. The molecule has 0 bridgehead atoms. The van der Waals surface area contributed by atoms with Crippen molar-refractivity contribution in [2.24, 2.45) is 5.92 Å². The molecule has 0 aliphatic carbocycles. The summed E-state index contributed by atoms with van der Waals surface area (Å²) in [5, 5.41) is 36.5. The van der Waals surface area contributed by atoms with E-state index in [4.69, 9.17) is 21.1 Å². The normalized spacial score (nSPS) is 37.1. The summed E-state index contributed by atoms with van der Waals surface area (Å²) < 4.78 is 25.6. The van der Waals surface area contributed by atoms with Gasteiger partial charge >= 0.3 is 0 Å². The maximum Gasteiger partial charge on any atom is 0.240 e. The summed E-state index contributed by atoms with van der Waals surface area (Å²) in [6, 6.07) is 4.92. The second kappa shape index (κ2) is 11.4. The number of carbonyl (C=O) groups excluding carboxylic acids is 1. The van der Waals surface area contributed by atoms with Crippen LogP contribution in [0, 0.1) is 11.7 Å². The van der Waals surface area contributed by atoms with Gasteiger partial charge in [-0.3, -0.25) is 4.79 Å². The number of rotatable bonds is 6.